The van der Waals surface area contributed by atoms with Gasteiger partial charge in [0.15, 0.2) is 0 Å². The Balaban J connectivity index is 3.89. The van der Waals surface area contributed by atoms with E-state index in [1.54, 1.807) is 9.47 Å². The lowest BCUT2D eigenvalue weighted by Crippen LogP contribution is -1.98. The second-order valence-electron chi connectivity index (χ2n) is 0.671. The minimum Gasteiger partial charge on any atom is -0.251 e. The van der Waals surface area contributed by atoms with Crippen molar-refractivity contribution in [3.05, 3.63) is 0 Å². The van der Waals surface area contributed by atoms with Crippen LogP contribution in [0.25, 0.3) is 0 Å². The third-order valence-corrected chi connectivity index (χ3v) is 1.67. The molecule has 0 bridgehead atoms. The van der Waals surface area contributed by atoms with Crippen molar-refractivity contribution in [2.24, 2.45) is 0 Å². The van der Waals surface area contributed by atoms with Crippen LogP contribution in [0.15, 0.2) is 0 Å². The Morgan fingerprint density at radius 3 is 2.00 bits per heavy atom. The predicted octanol–water partition coefficient (Wildman–Crippen LogP) is -0.316. The van der Waals surface area contributed by atoms with E-state index >= 15 is 0 Å². The van der Waals surface area contributed by atoms with E-state index in [4.69, 9.17) is 0 Å². The second kappa shape index (κ2) is 2.57. The summed E-state index contributed by atoms with van der Waals surface area (Å²) >= 11 is 0. The van der Waals surface area contributed by atoms with Crippen molar-refractivity contribution in [3.63, 3.8) is 0 Å². The first kappa shape index (κ1) is 7.30. The summed E-state index contributed by atoms with van der Waals surface area (Å²) in [6.45, 7) is 0. The van der Waals surface area contributed by atoms with Gasteiger partial charge in [-0.3, -0.25) is 4.18 Å². The molecule has 0 amide bonds. The molecule has 0 aromatic carbocycles. The Kier molecular flexibility index (Phi) is 2.68. The molecule has 0 radical (unpaired) electrons. The molecule has 0 spiro atoms. The molecule has 7 heavy (non-hydrogen) atoms. The molecule has 0 fully saturated rings. The largest absolute Gasteiger partial charge is 0.402 e. The van der Waals surface area contributed by atoms with E-state index in [1.807, 2.05) is 0 Å². The van der Waals surface area contributed by atoms with Crippen LogP contribution in [0.5, 0.6) is 0 Å². The molecule has 1 atom stereocenters. The van der Waals surface area contributed by atoms with Crippen molar-refractivity contribution in [1.82, 2.24) is 0 Å². The molecular weight excluding hydrogens is 139 g/mol. The summed E-state index contributed by atoms with van der Waals surface area (Å²) in [5.74, 6) is 0. The van der Waals surface area contributed by atoms with Crippen LogP contribution < -0.4 is 0 Å². The molecule has 4 nitrogen and oxygen atoms in total. The van der Waals surface area contributed by atoms with Gasteiger partial charge in [0.2, 0.25) is 0 Å². The highest BCUT2D eigenvalue weighted by Gasteiger charge is 2.01. The first-order valence-corrected chi connectivity index (χ1v) is 3.12. The number of hydrogen-bond acceptors (Lipinski definition) is 4. The molecule has 44 valence electrons. The molecule has 0 aliphatic rings. The minimum absolute atomic E-state index is 1.01. The molecule has 1 unspecified atom stereocenters. The SMILES string of the molecule is COS(=O)(=O)OP. The summed E-state index contributed by atoms with van der Waals surface area (Å²) in [5.41, 5.74) is 0. The monoisotopic (exact) mass is 144 g/mol. The molecule has 0 heterocycles. The van der Waals surface area contributed by atoms with Gasteiger partial charge in [0.1, 0.15) is 0 Å². The topological polar surface area (TPSA) is 52.6 Å². The Labute approximate surface area is 44.4 Å². The van der Waals surface area contributed by atoms with E-state index in [0.717, 1.165) is 7.11 Å². The van der Waals surface area contributed by atoms with Crippen LogP contribution in [-0.2, 0) is 18.6 Å². The van der Waals surface area contributed by atoms with Crippen molar-refractivity contribution < 1.29 is 16.6 Å². The van der Waals surface area contributed by atoms with Gasteiger partial charge in [-0.1, -0.05) is 0 Å². The van der Waals surface area contributed by atoms with E-state index < -0.39 is 10.4 Å². The normalized spacial score (nSPS) is 11.7. The number of rotatable bonds is 2. The zero-order chi connectivity index (χ0) is 5.91. The molecule has 0 aliphatic carbocycles. The zero-order valence-corrected chi connectivity index (χ0v) is 5.59. The highest BCUT2D eigenvalue weighted by Crippen LogP contribution is 1.96. The molecule has 0 aromatic rings. The molecule has 0 N–H and O–H groups in total. The van der Waals surface area contributed by atoms with E-state index in [-0.39, 0.29) is 0 Å². The molecule has 0 saturated heterocycles. The maximum atomic E-state index is 9.90. The molecule has 0 aliphatic heterocycles. The Morgan fingerprint density at radius 2 is 2.00 bits per heavy atom. The predicted molar refractivity (Wildman–Crippen MR) is 26.7 cm³/mol. The average Bonchev–Trinajstić information content (AvgIpc) is 1.68. The third-order valence-electron chi connectivity index (χ3n) is 0.322. The van der Waals surface area contributed by atoms with Crippen LogP contribution in [-0.4, -0.2) is 15.5 Å². The number of hydrogen-bond donors (Lipinski definition) is 0. The lowest BCUT2D eigenvalue weighted by Gasteiger charge is -1.91. The van der Waals surface area contributed by atoms with Gasteiger partial charge >= 0.3 is 10.4 Å². The lowest BCUT2D eigenvalue weighted by atomic mass is 11.8. The first-order chi connectivity index (χ1) is 3.12. The lowest BCUT2D eigenvalue weighted by molar-refractivity contribution is 0.343. The van der Waals surface area contributed by atoms with E-state index in [1.165, 1.54) is 0 Å². The fourth-order valence-corrected chi connectivity index (χ4v) is 0.354. The summed E-state index contributed by atoms with van der Waals surface area (Å²) in [4.78, 5) is 0. The summed E-state index contributed by atoms with van der Waals surface area (Å²) in [6, 6.07) is 0. The van der Waals surface area contributed by atoms with Crippen LogP contribution in [0.4, 0.5) is 0 Å². The Morgan fingerprint density at radius 1 is 1.57 bits per heavy atom. The summed E-state index contributed by atoms with van der Waals surface area (Å²) in [5, 5.41) is 0. The van der Waals surface area contributed by atoms with Gasteiger partial charge in [-0.05, 0) is 0 Å². The van der Waals surface area contributed by atoms with Gasteiger partial charge < -0.3 is 0 Å². The fraction of sp³-hybridized carbons (Fsp3) is 1.00. The standard InChI is InChI=1S/CH5O4PS/c1-4-7(2,3)5-6/h6H2,1H3. The first-order valence-electron chi connectivity index (χ1n) is 1.31. The van der Waals surface area contributed by atoms with Gasteiger partial charge in [0.05, 0.1) is 7.11 Å². The Hall–Kier alpha value is 0.300. The summed E-state index contributed by atoms with van der Waals surface area (Å²) in [6.07, 6.45) is 0. The van der Waals surface area contributed by atoms with Crippen LogP contribution >= 0.6 is 9.47 Å². The van der Waals surface area contributed by atoms with Crippen LogP contribution in [0.2, 0.25) is 0 Å². The van der Waals surface area contributed by atoms with Crippen LogP contribution in [0.1, 0.15) is 0 Å². The van der Waals surface area contributed by atoms with Crippen molar-refractivity contribution in [1.29, 1.82) is 0 Å². The molecule has 0 saturated carbocycles. The maximum absolute atomic E-state index is 9.90. The van der Waals surface area contributed by atoms with Crippen molar-refractivity contribution in [3.8, 4) is 0 Å². The van der Waals surface area contributed by atoms with Gasteiger partial charge in [-0.2, -0.15) is 8.42 Å². The highest BCUT2D eigenvalue weighted by molar-refractivity contribution is 7.84. The second-order valence-corrected chi connectivity index (χ2v) is 2.59. The minimum atomic E-state index is -3.69. The smallest absolute Gasteiger partial charge is 0.251 e. The van der Waals surface area contributed by atoms with Gasteiger partial charge in [-0.25, -0.2) is 3.97 Å². The molecule has 6 heteroatoms. The summed E-state index contributed by atoms with van der Waals surface area (Å²) < 4.78 is 27.4. The fourth-order valence-electron chi connectivity index (χ4n) is 0.0393. The van der Waals surface area contributed by atoms with Crippen LogP contribution in [0.3, 0.4) is 0 Å². The van der Waals surface area contributed by atoms with Crippen LogP contribution in [0, 0.1) is 0 Å². The molecule has 0 aromatic heterocycles. The van der Waals surface area contributed by atoms with E-state index in [2.05, 4.69) is 8.15 Å². The van der Waals surface area contributed by atoms with Gasteiger partial charge in [0, 0.05) is 9.47 Å². The molecule has 0 rings (SSSR count). The van der Waals surface area contributed by atoms with E-state index in [9.17, 15) is 8.42 Å². The third kappa shape index (κ3) is 2.93. The maximum Gasteiger partial charge on any atom is 0.402 e. The highest BCUT2D eigenvalue weighted by atomic mass is 32.3. The summed E-state index contributed by atoms with van der Waals surface area (Å²) in [7, 11) is -1.13. The quantitative estimate of drug-likeness (QED) is 0.498. The van der Waals surface area contributed by atoms with Gasteiger partial charge in [-0.15, -0.1) is 0 Å². The average molecular weight is 144 g/mol. The Bertz CT molecular complexity index is 115. The van der Waals surface area contributed by atoms with E-state index in [0.29, 0.717) is 0 Å². The van der Waals surface area contributed by atoms with Gasteiger partial charge in [0.25, 0.3) is 0 Å². The van der Waals surface area contributed by atoms with Crippen molar-refractivity contribution >= 4 is 19.9 Å². The van der Waals surface area contributed by atoms with Crippen molar-refractivity contribution in [2.45, 2.75) is 0 Å². The molecular formula is CH5O4PS. The van der Waals surface area contributed by atoms with Crippen molar-refractivity contribution in [2.75, 3.05) is 7.11 Å². The zero-order valence-electron chi connectivity index (χ0n) is 3.62.